The van der Waals surface area contributed by atoms with Crippen LogP contribution in [0.15, 0.2) is 36.5 Å². The van der Waals surface area contributed by atoms with Crippen LogP contribution in [0.4, 0.5) is 5.69 Å². The van der Waals surface area contributed by atoms with E-state index in [0.717, 1.165) is 44.2 Å². The Balaban J connectivity index is 2.21. The molecule has 148 valence electrons. The van der Waals surface area contributed by atoms with Crippen molar-refractivity contribution in [3.8, 4) is 17.3 Å². The summed E-state index contributed by atoms with van der Waals surface area (Å²) in [7, 11) is 2.20. The maximum absolute atomic E-state index is 9.52. The van der Waals surface area contributed by atoms with E-state index in [1.54, 1.807) is 0 Å². The van der Waals surface area contributed by atoms with Gasteiger partial charge in [-0.1, -0.05) is 33.8 Å². The third kappa shape index (κ3) is 3.41. The van der Waals surface area contributed by atoms with Gasteiger partial charge in [0.15, 0.2) is 6.20 Å². The maximum atomic E-state index is 9.52. The van der Waals surface area contributed by atoms with Crippen LogP contribution in [0.25, 0.3) is 11.3 Å². The summed E-state index contributed by atoms with van der Waals surface area (Å²) in [6, 6.07) is 13.8. The number of aryl methyl sites for hydroxylation is 1. The number of hydrogen-bond acceptors (Lipinski definition) is 2. The molecule has 0 saturated heterocycles. The Hall–Kier alpha value is -2.34. The number of pyridine rings is 1. The lowest BCUT2D eigenvalue weighted by Crippen LogP contribution is -2.38. The van der Waals surface area contributed by atoms with E-state index >= 15 is 0 Å². The number of rotatable bonds is 6. The molecule has 0 amide bonds. The van der Waals surface area contributed by atoms with Gasteiger partial charge in [0.1, 0.15) is 6.54 Å². The van der Waals surface area contributed by atoms with E-state index in [4.69, 9.17) is 0 Å². The molecule has 0 radical (unpaired) electrons. The van der Waals surface area contributed by atoms with Crippen LogP contribution in [0.5, 0.6) is 0 Å². The highest BCUT2D eigenvalue weighted by Crippen LogP contribution is 2.43. The first-order chi connectivity index (χ1) is 13.5. The number of anilines is 1. The highest BCUT2D eigenvalue weighted by Gasteiger charge is 2.37. The molecule has 3 heteroatoms. The monoisotopic (exact) mass is 376 g/mol. The molecule has 1 aromatic heterocycles. The minimum absolute atomic E-state index is 0.177. The van der Waals surface area contributed by atoms with Gasteiger partial charge in [0.05, 0.1) is 17.2 Å². The zero-order valence-electron chi connectivity index (χ0n) is 18.1. The fourth-order valence-electron chi connectivity index (χ4n) is 4.95. The van der Waals surface area contributed by atoms with E-state index in [9.17, 15) is 5.26 Å². The molecule has 2 aromatic rings. The lowest BCUT2D eigenvalue weighted by Gasteiger charge is -2.31. The second kappa shape index (κ2) is 8.35. The molecule has 0 aliphatic carbocycles. The molecular weight excluding hydrogens is 342 g/mol. The Morgan fingerprint density at radius 3 is 2.43 bits per heavy atom. The summed E-state index contributed by atoms with van der Waals surface area (Å²) in [5.74, 6) is 0. The largest absolute Gasteiger partial charge is 0.371 e. The van der Waals surface area contributed by atoms with Crippen molar-refractivity contribution in [2.75, 3.05) is 11.9 Å². The summed E-state index contributed by atoms with van der Waals surface area (Å²) >= 11 is 0. The number of benzene rings is 1. The van der Waals surface area contributed by atoms with Crippen molar-refractivity contribution in [1.29, 1.82) is 5.26 Å². The molecule has 0 bridgehead atoms. The summed E-state index contributed by atoms with van der Waals surface area (Å²) in [6.45, 7) is 10.1. The third-order valence-electron chi connectivity index (χ3n) is 7.10. The van der Waals surface area contributed by atoms with Crippen LogP contribution in [-0.4, -0.2) is 13.1 Å². The molecule has 3 nitrogen and oxygen atoms in total. The summed E-state index contributed by atoms with van der Waals surface area (Å²) in [6.07, 6.45) is 7.91. The summed E-state index contributed by atoms with van der Waals surface area (Å²) in [4.78, 5) is 2.41. The second-order valence-electron chi connectivity index (χ2n) is 8.15. The van der Waals surface area contributed by atoms with Gasteiger partial charge < -0.3 is 4.90 Å². The van der Waals surface area contributed by atoms with Crippen molar-refractivity contribution in [1.82, 2.24) is 0 Å². The second-order valence-corrected chi connectivity index (χ2v) is 8.15. The maximum Gasteiger partial charge on any atom is 0.214 e. The molecule has 28 heavy (non-hydrogen) atoms. The van der Waals surface area contributed by atoms with Gasteiger partial charge in [-0.3, -0.25) is 0 Å². The fourth-order valence-corrected chi connectivity index (χ4v) is 4.95. The predicted molar refractivity (Wildman–Crippen MR) is 116 cm³/mol. The minimum atomic E-state index is 0.177. The van der Waals surface area contributed by atoms with E-state index in [0.29, 0.717) is 6.04 Å². The van der Waals surface area contributed by atoms with Crippen molar-refractivity contribution in [3.63, 3.8) is 0 Å². The summed E-state index contributed by atoms with van der Waals surface area (Å²) < 4.78 is 2.39. The van der Waals surface area contributed by atoms with Gasteiger partial charge >= 0.3 is 0 Å². The van der Waals surface area contributed by atoms with Crippen molar-refractivity contribution in [3.05, 3.63) is 47.7 Å². The normalized spacial score (nSPS) is 14.8. The Labute approximate surface area is 170 Å². The highest BCUT2D eigenvalue weighted by atomic mass is 15.1. The van der Waals surface area contributed by atoms with Gasteiger partial charge in [-0.15, -0.1) is 0 Å². The lowest BCUT2D eigenvalue weighted by molar-refractivity contribution is -0.686. The fraction of sp³-hybridized carbons (Fsp3) is 0.520. The summed E-state index contributed by atoms with van der Waals surface area (Å²) in [5.41, 5.74) is 6.06. The first-order valence-electron chi connectivity index (χ1n) is 10.8. The van der Waals surface area contributed by atoms with Crippen molar-refractivity contribution >= 4 is 5.69 Å². The Bertz CT molecular complexity index is 870. The number of aromatic nitrogens is 1. The van der Waals surface area contributed by atoms with E-state index in [2.05, 4.69) is 80.7 Å². The van der Waals surface area contributed by atoms with Crippen LogP contribution >= 0.6 is 0 Å². The van der Waals surface area contributed by atoms with Crippen molar-refractivity contribution in [2.45, 2.75) is 77.8 Å². The smallest absolute Gasteiger partial charge is 0.214 e. The van der Waals surface area contributed by atoms with Crippen LogP contribution in [0.3, 0.4) is 0 Å². The topological polar surface area (TPSA) is 30.9 Å². The predicted octanol–water partition coefficient (Wildman–Crippen LogP) is 5.60. The Morgan fingerprint density at radius 1 is 1.11 bits per heavy atom. The molecule has 0 spiro atoms. The van der Waals surface area contributed by atoms with Crippen LogP contribution in [-0.2, 0) is 12.0 Å². The quantitative estimate of drug-likeness (QED) is 0.615. The molecule has 1 aliphatic rings. The lowest BCUT2D eigenvalue weighted by atomic mass is 9.71. The molecule has 3 rings (SSSR count). The van der Waals surface area contributed by atoms with E-state index in [1.807, 2.05) is 6.07 Å². The first kappa shape index (κ1) is 20.4. The average molecular weight is 377 g/mol. The van der Waals surface area contributed by atoms with E-state index in [-0.39, 0.29) is 5.41 Å². The molecule has 0 atom stereocenters. The Kier molecular flexibility index (Phi) is 6.08. The number of hydrogen-bond donors (Lipinski definition) is 0. The third-order valence-corrected chi connectivity index (χ3v) is 7.10. The van der Waals surface area contributed by atoms with Crippen LogP contribution in [0.2, 0.25) is 0 Å². The van der Waals surface area contributed by atoms with Crippen LogP contribution in [0.1, 0.15) is 70.9 Å². The summed E-state index contributed by atoms with van der Waals surface area (Å²) in [5, 5.41) is 9.52. The van der Waals surface area contributed by atoms with Gasteiger partial charge in [-0.2, -0.15) is 9.83 Å². The molecule has 0 unspecified atom stereocenters. The molecule has 0 N–H and O–H groups in total. The zero-order valence-corrected chi connectivity index (χ0v) is 18.1. The Morgan fingerprint density at radius 2 is 1.82 bits per heavy atom. The molecule has 1 aliphatic heterocycles. The van der Waals surface area contributed by atoms with E-state index in [1.165, 1.54) is 22.5 Å². The number of nitrogens with zero attached hydrogens (tertiary/aromatic N) is 3. The molecular formula is C25H34N3+. The minimum Gasteiger partial charge on any atom is -0.371 e. The zero-order chi connectivity index (χ0) is 20.3. The van der Waals surface area contributed by atoms with E-state index < -0.39 is 0 Å². The van der Waals surface area contributed by atoms with Crippen molar-refractivity contribution in [2.24, 2.45) is 0 Å². The van der Waals surface area contributed by atoms with Gasteiger partial charge in [-0.25, -0.2) is 0 Å². The van der Waals surface area contributed by atoms with Crippen LogP contribution < -0.4 is 9.47 Å². The van der Waals surface area contributed by atoms with Gasteiger partial charge in [0.2, 0.25) is 5.69 Å². The standard InChI is InChI=1S/C25H34N3/c1-6-20(7-2)27(5)21-12-14-28-15-13-25(8-3,9-4)23-11-10-19(18-26)16-22(23)24(28)17-21/h10-12,14,16-17,20H,6-9,13,15H2,1-5H3/q+1. The molecule has 0 fully saturated rings. The molecule has 0 saturated carbocycles. The van der Waals surface area contributed by atoms with Gasteiger partial charge in [-0.05, 0) is 43.4 Å². The van der Waals surface area contributed by atoms with Crippen molar-refractivity contribution < 1.29 is 4.57 Å². The number of nitriles is 1. The SMILES string of the molecule is CCC(CC)N(C)c1cc[n+]2c(c1)-c1cc(C#N)ccc1C(CC)(CC)CC2. The van der Waals surface area contributed by atoms with Gasteiger partial charge in [0.25, 0.3) is 0 Å². The van der Waals surface area contributed by atoms with Crippen LogP contribution in [0, 0.1) is 11.3 Å². The first-order valence-corrected chi connectivity index (χ1v) is 10.8. The molecule has 1 aromatic carbocycles. The number of fused-ring (bicyclic) bond motifs is 3. The highest BCUT2D eigenvalue weighted by molar-refractivity contribution is 5.69. The van der Waals surface area contributed by atoms with Gasteiger partial charge in [0, 0.05) is 42.7 Å². The molecule has 2 heterocycles. The average Bonchev–Trinajstić information content (AvgIpc) is 2.88.